The third kappa shape index (κ3) is 9.96. The van der Waals surface area contributed by atoms with Crippen LogP contribution in [0.5, 0.6) is 0 Å². The summed E-state index contributed by atoms with van der Waals surface area (Å²) in [6.07, 6.45) is 3.95. The quantitative estimate of drug-likeness (QED) is 0.133. The first-order valence-corrected chi connectivity index (χ1v) is 18.1. The lowest BCUT2D eigenvalue weighted by molar-refractivity contribution is 0.0146. The molecular weight excluding hydrogens is 645 g/mol. The van der Waals surface area contributed by atoms with Gasteiger partial charge in [0, 0.05) is 41.1 Å². The van der Waals surface area contributed by atoms with Crippen molar-refractivity contribution in [2.24, 2.45) is 0 Å². The number of hydrogen-bond donors (Lipinski definition) is 2. The number of rotatable bonds is 13. The first-order valence-electron chi connectivity index (χ1n) is 15.7. The van der Waals surface area contributed by atoms with Gasteiger partial charge in [0.15, 0.2) is 0 Å². The number of aryl methyl sites for hydroxylation is 2. The summed E-state index contributed by atoms with van der Waals surface area (Å²) in [5.41, 5.74) is 4.36. The molecule has 11 heteroatoms. The van der Waals surface area contributed by atoms with Crippen LogP contribution in [0.15, 0.2) is 114 Å². The van der Waals surface area contributed by atoms with Crippen molar-refractivity contribution in [2.45, 2.75) is 56.6 Å². The lowest BCUT2D eigenvalue weighted by Crippen LogP contribution is -2.40. The van der Waals surface area contributed by atoms with Crippen LogP contribution in [-0.4, -0.2) is 53.2 Å². The van der Waals surface area contributed by atoms with Gasteiger partial charge in [-0.15, -0.1) is 11.3 Å². The van der Waals surface area contributed by atoms with Crippen molar-refractivity contribution in [1.82, 2.24) is 14.9 Å². The molecule has 250 valence electrons. The Morgan fingerprint density at radius 2 is 1.62 bits per heavy atom. The second kappa shape index (κ2) is 15.5. The molecule has 1 atom stereocenters. The Morgan fingerprint density at radius 3 is 2.29 bits per heavy atom. The van der Waals surface area contributed by atoms with Crippen LogP contribution in [0.3, 0.4) is 0 Å². The Hall–Kier alpha value is -4.58. The number of hydrogen-bond acceptors (Lipinski definition) is 8. The van der Waals surface area contributed by atoms with Crippen molar-refractivity contribution in [2.75, 3.05) is 17.8 Å². The molecule has 2 N–H and O–H groups in total. The number of anilines is 1. The fraction of sp³-hybridized carbons (Fsp3) is 0.270. The SMILES string of the molecule is CC(C)(C)OC(=O)N(CCc1ccc(NS(=O)(=O)c2ccc(-c3nc(CCc4ccccc4)cs3)cc2)cc1)C[C@H](O)c1cccnc1. The van der Waals surface area contributed by atoms with Crippen molar-refractivity contribution >= 4 is 33.1 Å². The van der Waals surface area contributed by atoms with Crippen molar-refractivity contribution in [3.05, 3.63) is 131 Å². The molecule has 0 saturated carbocycles. The van der Waals surface area contributed by atoms with E-state index in [0.717, 1.165) is 34.7 Å². The molecule has 5 aromatic rings. The first-order chi connectivity index (χ1) is 22.9. The molecule has 3 aromatic carbocycles. The van der Waals surface area contributed by atoms with Gasteiger partial charge in [-0.2, -0.15) is 0 Å². The fourth-order valence-corrected chi connectivity index (χ4v) is 6.86. The van der Waals surface area contributed by atoms with E-state index in [1.165, 1.54) is 10.5 Å². The van der Waals surface area contributed by atoms with Gasteiger partial charge in [-0.1, -0.05) is 60.7 Å². The average molecular weight is 685 g/mol. The first kappa shape index (κ1) is 34.7. The molecule has 2 aromatic heterocycles. The molecule has 2 heterocycles. The Bertz CT molecular complexity index is 1870. The van der Waals surface area contributed by atoms with E-state index in [-0.39, 0.29) is 18.0 Å². The van der Waals surface area contributed by atoms with Gasteiger partial charge in [0.05, 0.1) is 23.2 Å². The minimum atomic E-state index is -3.82. The summed E-state index contributed by atoms with van der Waals surface area (Å²) in [4.78, 5) is 23.4. The van der Waals surface area contributed by atoms with Crippen molar-refractivity contribution < 1.29 is 23.1 Å². The molecule has 1 amide bonds. The Balaban J connectivity index is 1.17. The molecule has 0 radical (unpaired) electrons. The number of aliphatic hydroxyl groups excluding tert-OH is 1. The highest BCUT2D eigenvalue weighted by molar-refractivity contribution is 7.92. The Kier molecular flexibility index (Phi) is 11.3. The molecule has 48 heavy (non-hydrogen) atoms. The van der Waals surface area contributed by atoms with Gasteiger partial charge in [-0.25, -0.2) is 18.2 Å². The normalized spacial score (nSPS) is 12.3. The number of nitrogens with one attached hydrogen (secondary N) is 1. The van der Waals surface area contributed by atoms with Crippen molar-refractivity contribution in [1.29, 1.82) is 0 Å². The zero-order valence-corrected chi connectivity index (χ0v) is 28.9. The van der Waals surface area contributed by atoms with E-state index in [1.54, 1.807) is 93.0 Å². The number of thiazole rings is 1. The van der Waals surface area contributed by atoms with E-state index < -0.39 is 27.8 Å². The number of ether oxygens (including phenoxy) is 1. The molecule has 0 aliphatic carbocycles. The molecule has 0 fully saturated rings. The molecule has 0 bridgehead atoms. The van der Waals surface area contributed by atoms with Crippen molar-refractivity contribution in [3.8, 4) is 10.6 Å². The van der Waals surface area contributed by atoms with Crippen molar-refractivity contribution in [3.63, 3.8) is 0 Å². The minimum Gasteiger partial charge on any atom is -0.444 e. The molecular formula is C37H40N4O5S2. The summed E-state index contributed by atoms with van der Waals surface area (Å²) in [5, 5.41) is 13.6. The van der Waals surface area contributed by atoms with E-state index >= 15 is 0 Å². The average Bonchev–Trinajstić information content (AvgIpc) is 3.55. The maximum absolute atomic E-state index is 13.2. The predicted molar refractivity (Wildman–Crippen MR) is 189 cm³/mol. The maximum Gasteiger partial charge on any atom is 0.410 e. The number of nitrogens with zero attached hydrogens (tertiary/aromatic N) is 3. The molecule has 0 spiro atoms. The predicted octanol–water partition coefficient (Wildman–Crippen LogP) is 7.30. The van der Waals surface area contributed by atoms with E-state index in [1.807, 2.05) is 30.3 Å². The van der Waals surface area contributed by atoms with E-state index in [0.29, 0.717) is 17.7 Å². The Morgan fingerprint density at radius 1 is 0.917 bits per heavy atom. The monoisotopic (exact) mass is 684 g/mol. The standard InChI is InChI=1S/C37H40N4O5S2/c1-37(2,3)46-36(43)41(25-34(42)30-10-7-22-38-24-30)23-21-28-11-16-31(17-12-28)40-48(44,45)33-19-14-29(15-20-33)35-39-32(26-47-35)18-13-27-8-5-4-6-9-27/h4-12,14-17,19-20,22,24,26,34,40,42H,13,18,21,23,25H2,1-3H3/t34-/m0/s1. The van der Waals surface area contributed by atoms with Gasteiger partial charge >= 0.3 is 6.09 Å². The van der Waals surface area contributed by atoms with Crippen LogP contribution in [-0.2, 0) is 34.0 Å². The molecule has 0 saturated heterocycles. The molecule has 9 nitrogen and oxygen atoms in total. The number of benzene rings is 3. The van der Waals surface area contributed by atoms with Crippen LogP contribution in [0, 0.1) is 0 Å². The molecule has 0 aliphatic heterocycles. The zero-order valence-electron chi connectivity index (χ0n) is 27.2. The lowest BCUT2D eigenvalue weighted by atomic mass is 10.1. The summed E-state index contributed by atoms with van der Waals surface area (Å²) in [6.45, 7) is 5.70. The summed E-state index contributed by atoms with van der Waals surface area (Å²) >= 11 is 1.55. The van der Waals surface area contributed by atoms with Gasteiger partial charge in [0.25, 0.3) is 10.0 Å². The number of carbonyl (C=O) groups excluding carboxylic acids is 1. The van der Waals surface area contributed by atoms with Gasteiger partial charge in [0.2, 0.25) is 0 Å². The van der Waals surface area contributed by atoms with E-state index in [9.17, 15) is 18.3 Å². The van der Waals surface area contributed by atoms with E-state index in [4.69, 9.17) is 9.72 Å². The summed E-state index contributed by atoms with van der Waals surface area (Å²) < 4.78 is 34.6. The summed E-state index contributed by atoms with van der Waals surface area (Å²) in [5.74, 6) is 0. The second-order valence-electron chi connectivity index (χ2n) is 12.4. The van der Waals surface area contributed by atoms with E-state index in [2.05, 4.69) is 27.2 Å². The topological polar surface area (TPSA) is 122 Å². The number of aromatic nitrogens is 2. The van der Waals surface area contributed by atoms with Gasteiger partial charge in [-0.05, 0) is 81.5 Å². The van der Waals surface area contributed by atoms with Crippen LogP contribution in [0.4, 0.5) is 10.5 Å². The smallest absolute Gasteiger partial charge is 0.410 e. The number of amides is 1. The van der Waals surface area contributed by atoms with Crippen LogP contribution in [0.25, 0.3) is 10.6 Å². The number of sulfonamides is 1. The third-order valence-electron chi connectivity index (χ3n) is 7.47. The largest absolute Gasteiger partial charge is 0.444 e. The maximum atomic E-state index is 13.2. The van der Waals surface area contributed by atoms with Crippen LogP contribution in [0.2, 0.25) is 0 Å². The van der Waals surface area contributed by atoms with Gasteiger partial charge in [-0.3, -0.25) is 9.71 Å². The number of aliphatic hydroxyl groups is 1. The van der Waals surface area contributed by atoms with Gasteiger partial charge < -0.3 is 14.7 Å². The van der Waals surface area contributed by atoms with Crippen LogP contribution < -0.4 is 4.72 Å². The minimum absolute atomic E-state index is 0.0370. The second-order valence-corrected chi connectivity index (χ2v) is 15.0. The Labute approximate surface area is 286 Å². The highest BCUT2D eigenvalue weighted by atomic mass is 32.2. The lowest BCUT2D eigenvalue weighted by Gasteiger charge is -2.29. The van der Waals surface area contributed by atoms with Gasteiger partial charge in [0.1, 0.15) is 10.6 Å². The van der Waals surface area contributed by atoms with Crippen LogP contribution in [0.1, 0.15) is 49.3 Å². The molecule has 0 aliphatic rings. The third-order valence-corrected chi connectivity index (χ3v) is 9.80. The summed E-state index contributed by atoms with van der Waals surface area (Å²) in [6, 6.07) is 27.5. The molecule has 0 unspecified atom stereocenters. The highest BCUT2D eigenvalue weighted by Crippen LogP contribution is 2.27. The summed E-state index contributed by atoms with van der Waals surface area (Å²) in [7, 11) is -3.82. The fourth-order valence-electron chi connectivity index (χ4n) is 4.94. The molecule has 5 rings (SSSR count). The number of carbonyl (C=O) groups is 1. The zero-order chi connectivity index (χ0) is 34.1. The highest BCUT2D eigenvalue weighted by Gasteiger charge is 2.25. The van der Waals surface area contributed by atoms with Crippen LogP contribution >= 0.6 is 11.3 Å². The number of pyridine rings is 1.